The molecule has 1 unspecified atom stereocenters. The summed E-state index contributed by atoms with van der Waals surface area (Å²) < 4.78 is 5.76. The number of carbonyl (C=O) groups excluding carboxylic acids is 3. The van der Waals surface area contributed by atoms with Gasteiger partial charge in [-0.15, -0.1) is 0 Å². The first kappa shape index (κ1) is 37.0. The topological polar surface area (TPSA) is 152 Å². The van der Waals surface area contributed by atoms with Crippen LogP contribution in [0.3, 0.4) is 0 Å². The van der Waals surface area contributed by atoms with E-state index < -0.39 is 12.2 Å². The lowest BCUT2D eigenvalue weighted by molar-refractivity contribution is -0.116. The molecule has 5 rings (SSSR count). The predicted octanol–water partition coefficient (Wildman–Crippen LogP) is 6.36. The minimum absolute atomic E-state index is 0.0543. The molecule has 1 saturated heterocycles. The Morgan fingerprint density at radius 3 is 2.41 bits per heavy atom. The van der Waals surface area contributed by atoms with Crippen molar-refractivity contribution in [1.29, 1.82) is 0 Å². The Balaban J connectivity index is 1.04. The number of aryl methyl sites for hydroxylation is 2. The van der Waals surface area contributed by atoms with Crippen molar-refractivity contribution < 1.29 is 29.3 Å². The maximum atomic E-state index is 13.0. The molecule has 0 spiro atoms. The van der Waals surface area contributed by atoms with Crippen molar-refractivity contribution in [3.63, 3.8) is 0 Å². The molecule has 4 aromatic rings. The van der Waals surface area contributed by atoms with E-state index in [-0.39, 0.29) is 30.0 Å². The maximum absolute atomic E-state index is 13.0. The van der Waals surface area contributed by atoms with Crippen molar-refractivity contribution in [1.82, 2.24) is 10.2 Å². The van der Waals surface area contributed by atoms with Crippen LogP contribution in [0, 0.1) is 6.92 Å². The number of hydrogen-bond acceptors (Lipinski definition) is 8. The van der Waals surface area contributed by atoms with Crippen LogP contribution in [0.5, 0.6) is 5.75 Å². The number of aliphatic hydroxyl groups excluding tert-OH is 1. The van der Waals surface area contributed by atoms with Crippen LogP contribution in [-0.2, 0) is 27.3 Å². The largest absolute Gasteiger partial charge is 0.506 e. The molecular formula is C40H47N5O6. The van der Waals surface area contributed by atoms with Gasteiger partial charge in [0.15, 0.2) is 0 Å². The SMILES string of the molecule is CCc1cc(NC(=O)CCN2CCC(OC(=O)Nc3ccccc3-c3ccccc3)CC2)c(C)cc1CNCC(O)c1ccc(O)c(NC=O)c1. The van der Waals surface area contributed by atoms with Crippen LogP contribution in [0.1, 0.15) is 54.5 Å². The van der Waals surface area contributed by atoms with E-state index in [4.69, 9.17) is 4.74 Å². The number of phenolic OH excluding ortho intramolecular Hbond substituents is 1. The van der Waals surface area contributed by atoms with Gasteiger partial charge < -0.3 is 35.8 Å². The lowest BCUT2D eigenvalue weighted by Crippen LogP contribution is -2.39. The summed E-state index contributed by atoms with van der Waals surface area (Å²) in [6, 6.07) is 26.2. The number of aliphatic hydroxyl groups is 1. The van der Waals surface area contributed by atoms with Gasteiger partial charge >= 0.3 is 6.09 Å². The van der Waals surface area contributed by atoms with Crippen molar-refractivity contribution >= 4 is 35.5 Å². The summed E-state index contributed by atoms with van der Waals surface area (Å²) in [4.78, 5) is 38.8. The van der Waals surface area contributed by atoms with E-state index in [0.29, 0.717) is 50.0 Å². The van der Waals surface area contributed by atoms with E-state index in [1.54, 1.807) is 12.1 Å². The van der Waals surface area contributed by atoms with Gasteiger partial charge in [0.05, 0.1) is 17.5 Å². The Morgan fingerprint density at radius 2 is 1.67 bits per heavy atom. The third kappa shape index (κ3) is 10.4. The molecule has 1 heterocycles. The van der Waals surface area contributed by atoms with Gasteiger partial charge in [0.1, 0.15) is 11.9 Å². The van der Waals surface area contributed by atoms with Crippen molar-refractivity contribution in [2.45, 2.75) is 58.3 Å². The quantitative estimate of drug-likeness (QED) is 0.0622. The van der Waals surface area contributed by atoms with Crippen molar-refractivity contribution in [2.75, 3.05) is 42.1 Å². The van der Waals surface area contributed by atoms with Gasteiger partial charge in [0, 0.05) is 50.4 Å². The number of hydrogen-bond donors (Lipinski definition) is 6. The number of phenols is 1. The predicted molar refractivity (Wildman–Crippen MR) is 200 cm³/mol. The molecule has 4 aromatic carbocycles. The number of nitrogens with zero attached hydrogens (tertiary/aromatic N) is 1. The second-order valence-electron chi connectivity index (χ2n) is 12.8. The second-order valence-corrected chi connectivity index (χ2v) is 12.8. The lowest BCUT2D eigenvalue weighted by atomic mass is 10.00. The van der Waals surface area contributed by atoms with Crippen LogP contribution in [0.15, 0.2) is 84.9 Å². The summed E-state index contributed by atoms with van der Waals surface area (Å²) in [5.41, 5.74) is 7.36. The number of piperidine rings is 1. The van der Waals surface area contributed by atoms with E-state index in [1.807, 2.05) is 67.6 Å². The number of amides is 3. The van der Waals surface area contributed by atoms with Gasteiger partial charge in [-0.1, -0.05) is 67.6 Å². The molecule has 3 amide bonds. The van der Waals surface area contributed by atoms with Gasteiger partial charge in [-0.05, 0) is 78.3 Å². The highest BCUT2D eigenvalue weighted by Gasteiger charge is 2.23. The molecule has 0 saturated carbocycles. The summed E-state index contributed by atoms with van der Waals surface area (Å²) in [6.45, 7) is 6.92. The summed E-state index contributed by atoms with van der Waals surface area (Å²) in [7, 11) is 0. The number of benzene rings is 4. The smallest absolute Gasteiger partial charge is 0.411 e. The second kappa shape index (κ2) is 18.1. The lowest BCUT2D eigenvalue weighted by Gasteiger charge is -2.31. The molecule has 1 aliphatic heterocycles. The molecule has 11 nitrogen and oxygen atoms in total. The minimum Gasteiger partial charge on any atom is -0.506 e. The Labute approximate surface area is 299 Å². The average Bonchev–Trinajstić information content (AvgIpc) is 3.14. The Hall–Kier alpha value is -5.23. The third-order valence-corrected chi connectivity index (χ3v) is 9.19. The molecule has 51 heavy (non-hydrogen) atoms. The number of ether oxygens (including phenoxy) is 1. The first-order chi connectivity index (χ1) is 24.7. The van der Waals surface area contributed by atoms with Crippen LogP contribution < -0.4 is 21.3 Å². The van der Waals surface area contributed by atoms with Crippen LogP contribution in [0.25, 0.3) is 11.1 Å². The van der Waals surface area contributed by atoms with Gasteiger partial charge in [0.2, 0.25) is 12.3 Å². The standard InChI is InChI=1S/C40H47N5O6/c1-3-28-22-35(27(2)21-31(28)24-41-25-38(48)30-13-14-37(47)36(23-30)42-26-46)43-39(49)17-20-45-18-15-32(16-19-45)51-40(50)44-34-12-8-7-11-33(34)29-9-5-4-6-10-29/h4-14,21-23,26,32,38,41,47-48H,3,15-20,24-25H2,1-2H3,(H,42,46)(H,43,49)(H,44,50). The van der Waals surface area contributed by atoms with Crippen LogP contribution in [0.4, 0.5) is 21.9 Å². The highest BCUT2D eigenvalue weighted by Crippen LogP contribution is 2.29. The fraction of sp³-hybridized carbons (Fsp3) is 0.325. The normalized spacial score (nSPS) is 14.0. The van der Waals surface area contributed by atoms with Crippen molar-refractivity contribution in [3.05, 3.63) is 107 Å². The number of nitrogens with one attached hydrogen (secondary N) is 4. The van der Waals surface area contributed by atoms with Crippen LogP contribution in [0.2, 0.25) is 0 Å². The molecule has 0 aliphatic carbocycles. The molecule has 0 aromatic heterocycles. The average molecular weight is 694 g/mol. The highest BCUT2D eigenvalue weighted by atomic mass is 16.6. The first-order valence-corrected chi connectivity index (χ1v) is 17.4. The van der Waals surface area contributed by atoms with Gasteiger partial charge in [-0.3, -0.25) is 14.9 Å². The molecule has 6 N–H and O–H groups in total. The zero-order valence-electron chi connectivity index (χ0n) is 29.2. The van der Waals surface area contributed by atoms with E-state index in [0.717, 1.165) is 53.0 Å². The number of para-hydroxylation sites is 1. The molecule has 1 fully saturated rings. The number of likely N-dealkylation sites (tertiary alicyclic amines) is 1. The molecule has 1 aliphatic rings. The molecular weight excluding hydrogens is 646 g/mol. The third-order valence-electron chi connectivity index (χ3n) is 9.19. The summed E-state index contributed by atoms with van der Waals surface area (Å²) in [5, 5.41) is 32.2. The molecule has 1 atom stereocenters. The molecule has 268 valence electrons. The minimum atomic E-state index is -0.839. The summed E-state index contributed by atoms with van der Waals surface area (Å²) in [6.07, 6.45) is 1.52. The Morgan fingerprint density at radius 1 is 0.922 bits per heavy atom. The van der Waals surface area contributed by atoms with Crippen molar-refractivity contribution in [3.8, 4) is 16.9 Å². The fourth-order valence-electron chi connectivity index (χ4n) is 6.32. The van der Waals surface area contributed by atoms with Gasteiger partial charge in [-0.2, -0.15) is 0 Å². The van der Waals surface area contributed by atoms with Crippen LogP contribution >= 0.6 is 0 Å². The van der Waals surface area contributed by atoms with E-state index in [2.05, 4.69) is 39.2 Å². The van der Waals surface area contributed by atoms with E-state index >= 15 is 0 Å². The Bertz CT molecular complexity index is 1790. The summed E-state index contributed by atoms with van der Waals surface area (Å²) >= 11 is 0. The van der Waals surface area contributed by atoms with Gasteiger partial charge in [0.25, 0.3) is 0 Å². The van der Waals surface area contributed by atoms with Crippen molar-refractivity contribution in [2.24, 2.45) is 0 Å². The summed E-state index contributed by atoms with van der Waals surface area (Å²) in [5.74, 6) is -0.127. The number of rotatable bonds is 15. The zero-order valence-corrected chi connectivity index (χ0v) is 29.2. The monoisotopic (exact) mass is 693 g/mol. The highest BCUT2D eigenvalue weighted by molar-refractivity contribution is 5.92. The maximum Gasteiger partial charge on any atom is 0.411 e. The molecule has 0 bridgehead atoms. The van der Waals surface area contributed by atoms with E-state index in [1.165, 1.54) is 6.07 Å². The molecule has 0 radical (unpaired) electrons. The van der Waals surface area contributed by atoms with Gasteiger partial charge in [-0.25, -0.2) is 4.79 Å². The van der Waals surface area contributed by atoms with E-state index in [9.17, 15) is 24.6 Å². The number of aromatic hydroxyl groups is 1. The number of anilines is 3. The zero-order chi connectivity index (χ0) is 36.2. The first-order valence-electron chi connectivity index (χ1n) is 17.4. The molecule has 11 heteroatoms. The number of carbonyl (C=O) groups is 3. The fourth-order valence-corrected chi connectivity index (χ4v) is 6.32. The van der Waals surface area contributed by atoms with Crippen LogP contribution in [-0.4, -0.2) is 65.8 Å². The Kier molecular flexibility index (Phi) is 13.2.